The molecule has 1 N–H and O–H groups in total. The van der Waals surface area contributed by atoms with Crippen molar-refractivity contribution >= 4 is 5.91 Å². The lowest BCUT2D eigenvalue weighted by atomic mass is 9.87. The normalized spacial score (nSPS) is 27.4. The fourth-order valence-electron chi connectivity index (χ4n) is 4.17. The molecule has 1 aliphatic carbocycles. The SMILES string of the molecule is O=C(NC1(c2ccc(F)cc2)COC1)C1C2COc3ccc(F)cc3C21. The van der Waals surface area contributed by atoms with E-state index in [0.29, 0.717) is 25.6 Å². The Labute approximate surface area is 149 Å². The standard InChI is InChI=1S/C20H17F2NO3/c21-12-3-1-11(2-4-12)20(9-25-10-20)23-19(24)18-15-8-26-16-6-5-13(22)7-14(16)17(15)18/h1-7,15,17-18H,8-10H2,(H,23,24). The molecule has 5 rings (SSSR count). The summed E-state index contributed by atoms with van der Waals surface area (Å²) in [5, 5.41) is 3.09. The van der Waals surface area contributed by atoms with Gasteiger partial charge in [0.2, 0.25) is 5.91 Å². The monoisotopic (exact) mass is 357 g/mol. The molecule has 2 heterocycles. The summed E-state index contributed by atoms with van der Waals surface area (Å²) in [4.78, 5) is 12.9. The molecule has 2 aromatic rings. The van der Waals surface area contributed by atoms with Crippen LogP contribution >= 0.6 is 0 Å². The molecule has 2 aliphatic heterocycles. The molecule has 134 valence electrons. The first kappa shape index (κ1) is 15.8. The topological polar surface area (TPSA) is 47.6 Å². The Hall–Kier alpha value is -2.47. The largest absolute Gasteiger partial charge is 0.493 e. The third kappa shape index (κ3) is 2.32. The number of halogens is 2. The molecule has 4 nitrogen and oxygen atoms in total. The van der Waals surface area contributed by atoms with Crippen LogP contribution in [0.5, 0.6) is 5.75 Å². The van der Waals surface area contributed by atoms with Gasteiger partial charge in [0.15, 0.2) is 0 Å². The van der Waals surface area contributed by atoms with Gasteiger partial charge in [-0.25, -0.2) is 8.78 Å². The number of amides is 1. The molecule has 0 bridgehead atoms. The maximum atomic E-state index is 13.6. The summed E-state index contributed by atoms with van der Waals surface area (Å²) in [5.74, 6) is -0.266. The summed E-state index contributed by atoms with van der Waals surface area (Å²) < 4.78 is 37.8. The van der Waals surface area contributed by atoms with Crippen LogP contribution in [-0.4, -0.2) is 25.7 Å². The summed E-state index contributed by atoms with van der Waals surface area (Å²) in [6, 6.07) is 10.6. The van der Waals surface area contributed by atoms with Crippen LogP contribution in [-0.2, 0) is 15.1 Å². The highest BCUT2D eigenvalue weighted by Gasteiger charge is 2.60. The Morgan fingerprint density at radius 2 is 1.81 bits per heavy atom. The van der Waals surface area contributed by atoms with Gasteiger partial charge in [0.25, 0.3) is 0 Å². The Bertz CT molecular complexity index is 879. The summed E-state index contributed by atoms with van der Waals surface area (Å²) in [5.41, 5.74) is 0.967. The Morgan fingerprint density at radius 3 is 2.50 bits per heavy atom. The zero-order valence-electron chi connectivity index (χ0n) is 13.9. The van der Waals surface area contributed by atoms with E-state index in [4.69, 9.17) is 9.47 Å². The minimum atomic E-state index is -0.623. The number of carbonyl (C=O) groups is 1. The highest BCUT2D eigenvalue weighted by molar-refractivity contribution is 5.85. The maximum absolute atomic E-state index is 13.6. The molecule has 6 heteroatoms. The van der Waals surface area contributed by atoms with Gasteiger partial charge in [-0.05, 0) is 35.9 Å². The van der Waals surface area contributed by atoms with Gasteiger partial charge < -0.3 is 14.8 Å². The lowest BCUT2D eigenvalue weighted by Gasteiger charge is -2.42. The molecule has 1 saturated heterocycles. The van der Waals surface area contributed by atoms with Crippen molar-refractivity contribution in [2.45, 2.75) is 11.5 Å². The molecule has 1 amide bonds. The molecular weight excluding hydrogens is 340 g/mol. The summed E-state index contributed by atoms with van der Waals surface area (Å²) in [6.07, 6.45) is 0. The van der Waals surface area contributed by atoms with E-state index in [1.165, 1.54) is 24.3 Å². The Morgan fingerprint density at radius 1 is 1.08 bits per heavy atom. The molecule has 0 aromatic heterocycles. The molecule has 3 atom stereocenters. The quantitative estimate of drug-likeness (QED) is 0.919. The smallest absolute Gasteiger partial charge is 0.225 e. The molecular formula is C20H17F2NO3. The third-order valence-electron chi connectivity index (χ3n) is 5.69. The van der Waals surface area contributed by atoms with Gasteiger partial charge in [-0.3, -0.25) is 4.79 Å². The van der Waals surface area contributed by atoms with Crippen molar-refractivity contribution in [3.05, 3.63) is 65.2 Å². The second-order valence-electron chi connectivity index (χ2n) is 7.28. The molecule has 1 saturated carbocycles. The maximum Gasteiger partial charge on any atom is 0.225 e. The van der Waals surface area contributed by atoms with E-state index < -0.39 is 5.54 Å². The molecule has 2 fully saturated rings. The number of hydrogen-bond donors (Lipinski definition) is 1. The van der Waals surface area contributed by atoms with E-state index in [1.807, 2.05) is 0 Å². The first-order valence-electron chi connectivity index (χ1n) is 8.65. The second kappa shape index (κ2) is 5.51. The highest BCUT2D eigenvalue weighted by Crippen LogP contribution is 2.59. The van der Waals surface area contributed by atoms with Gasteiger partial charge in [0.1, 0.15) is 22.9 Å². The lowest BCUT2D eigenvalue weighted by Crippen LogP contribution is -2.59. The van der Waals surface area contributed by atoms with E-state index in [9.17, 15) is 13.6 Å². The molecule has 0 spiro atoms. The van der Waals surface area contributed by atoms with Gasteiger partial charge >= 0.3 is 0 Å². The van der Waals surface area contributed by atoms with Crippen LogP contribution in [0.4, 0.5) is 8.78 Å². The van der Waals surface area contributed by atoms with Crippen LogP contribution in [0, 0.1) is 23.5 Å². The average molecular weight is 357 g/mol. The number of carbonyl (C=O) groups excluding carboxylic acids is 1. The van der Waals surface area contributed by atoms with Crippen LogP contribution in [0.3, 0.4) is 0 Å². The van der Waals surface area contributed by atoms with Gasteiger partial charge in [0.05, 0.1) is 25.7 Å². The van der Waals surface area contributed by atoms with Crippen molar-refractivity contribution in [3.8, 4) is 5.75 Å². The summed E-state index contributed by atoms with van der Waals surface area (Å²) >= 11 is 0. The van der Waals surface area contributed by atoms with Gasteiger partial charge in [-0.1, -0.05) is 12.1 Å². The van der Waals surface area contributed by atoms with Crippen molar-refractivity contribution in [2.75, 3.05) is 19.8 Å². The fraction of sp³-hybridized carbons (Fsp3) is 0.350. The van der Waals surface area contributed by atoms with Crippen LogP contribution in [0.15, 0.2) is 42.5 Å². The van der Waals surface area contributed by atoms with E-state index in [1.54, 1.807) is 18.2 Å². The average Bonchev–Trinajstić information content (AvgIpc) is 3.34. The minimum absolute atomic E-state index is 0.0132. The number of benzene rings is 2. The first-order valence-corrected chi connectivity index (χ1v) is 8.65. The predicted octanol–water partition coefficient (Wildman–Crippen LogP) is 2.73. The summed E-state index contributed by atoms with van der Waals surface area (Å²) in [7, 11) is 0. The Balaban J connectivity index is 1.37. The van der Waals surface area contributed by atoms with Crippen molar-refractivity contribution in [1.82, 2.24) is 5.32 Å². The van der Waals surface area contributed by atoms with Crippen molar-refractivity contribution in [1.29, 1.82) is 0 Å². The number of rotatable bonds is 3. The molecule has 3 aliphatic rings. The highest BCUT2D eigenvalue weighted by atomic mass is 19.1. The number of nitrogens with one attached hydrogen (secondary N) is 1. The van der Waals surface area contributed by atoms with Crippen LogP contribution in [0.25, 0.3) is 0 Å². The van der Waals surface area contributed by atoms with Gasteiger partial charge in [-0.15, -0.1) is 0 Å². The predicted molar refractivity (Wildman–Crippen MR) is 88.7 cm³/mol. The molecule has 26 heavy (non-hydrogen) atoms. The number of ether oxygens (including phenoxy) is 2. The number of hydrogen-bond acceptors (Lipinski definition) is 3. The van der Waals surface area contributed by atoms with Crippen molar-refractivity contribution < 1.29 is 23.0 Å². The van der Waals surface area contributed by atoms with E-state index in [0.717, 1.165) is 11.1 Å². The molecule has 3 unspecified atom stereocenters. The third-order valence-corrected chi connectivity index (χ3v) is 5.69. The zero-order valence-corrected chi connectivity index (χ0v) is 13.9. The van der Waals surface area contributed by atoms with E-state index >= 15 is 0 Å². The van der Waals surface area contributed by atoms with Gasteiger partial charge in [0, 0.05) is 17.4 Å². The zero-order chi connectivity index (χ0) is 17.9. The second-order valence-corrected chi connectivity index (χ2v) is 7.28. The van der Waals surface area contributed by atoms with E-state index in [-0.39, 0.29) is 35.3 Å². The van der Waals surface area contributed by atoms with Crippen molar-refractivity contribution in [2.24, 2.45) is 11.8 Å². The Kier molecular flexibility index (Phi) is 3.34. The minimum Gasteiger partial charge on any atom is -0.493 e. The molecule has 2 aromatic carbocycles. The summed E-state index contributed by atoms with van der Waals surface area (Å²) in [6.45, 7) is 1.17. The molecule has 0 radical (unpaired) electrons. The van der Waals surface area contributed by atoms with E-state index in [2.05, 4.69) is 5.32 Å². The van der Waals surface area contributed by atoms with Crippen molar-refractivity contribution in [3.63, 3.8) is 0 Å². The van der Waals surface area contributed by atoms with Crippen LogP contribution in [0.2, 0.25) is 0 Å². The fourth-order valence-corrected chi connectivity index (χ4v) is 4.17. The van der Waals surface area contributed by atoms with Crippen LogP contribution in [0.1, 0.15) is 17.0 Å². The first-order chi connectivity index (χ1) is 12.6. The van der Waals surface area contributed by atoms with Gasteiger partial charge in [-0.2, -0.15) is 0 Å². The lowest BCUT2D eigenvalue weighted by molar-refractivity contribution is -0.135. The number of fused-ring (bicyclic) bond motifs is 3. The van der Waals surface area contributed by atoms with Crippen LogP contribution < -0.4 is 10.1 Å².